The van der Waals surface area contributed by atoms with Crippen molar-refractivity contribution in [1.29, 1.82) is 0 Å². The zero-order valence-electron chi connectivity index (χ0n) is 5.39. The molecular weight excluding hydrogens is 199 g/mol. The Morgan fingerprint density at radius 3 is 3.00 bits per heavy atom. The van der Waals surface area contributed by atoms with E-state index in [9.17, 15) is 0 Å². The van der Waals surface area contributed by atoms with E-state index in [4.69, 9.17) is 0 Å². The Kier molecular flexibility index (Phi) is 6.30. The van der Waals surface area contributed by atoms with Crippen LogP contribution in [0.4, 0.5) is 0 Å². The molecule has 0 heterocycles. The molecular formula is C8H11Rh-. The minimum Gasteiger partial charge on any atom is -0.275 e. The largest absolute Gasteiger partial charge is 0.275 e. The van der Waals surface area contributed by atoms with Crippen molar-refractivity contribution in [3.8, 4) is 0 Å². The smallest absolute Gasteiger partial charge is 0 e. The molecule has 0 aromatic rings. The maximum absolute atomic E-state index is 3.18. The minimum absolute atomic E-state index is 0. The van der Waals surface area contributed by atoms with Crippen LogP contribution in [-0.4, -0.2) is 0 Å². The second-order valence-electron chi connectivity index (χ2n) is 2.04. The van der Waals surface area contributed by atoms with Gasteiger partial charge in [-0.1, -0.05) is 19.3 Å². The van der Waals surface area contributed by atoms with E-state index in [1.807, 2.05) is 6.08 Å². The van der Waals surface area contributed by atoms with Gasteiger partial charge in [-0.2, -0.15) is 6.08 Å². The summed E-state index contributed by atoms with van der Waals surface area (Å²) in [5.74, 6) is 0. The van der Waals surface area contributed by atoms with Gasteiger partial charge >= 0.3 is 0 Å². The fraction of sp³-hybridized carbons (Fsp3) is 0.500. The molecule has 0 aromatic heterocycles. The van der Waals surface area contributed by atoms with Gasteiger partial charge in [-0.05, 0) is 0 Å². The van der Waals surface area contributed by atoms with Crippen LogP contribution in [0.3, 0.4) is 0 Å². The van der Waals surface area contributed by atoms with Gasteiger partial charge in [0.15, 0.2) is 0 Å². The molecule has 0 fully saturated rings. The molecule has 0 unspecified atom stereocenters. The molecule has 53 valence electrons. The van der Waals surface area contributed by atoms with E-state index in [-0.39, 0.29) is 19.5 Å². The van der Waals surface area contributed by atoms with E-state index >= 15 is 0 Å². The standard InChI is InChI=1S/C8H11.Rh/c1-2-4-6-8-7-5-3-1;/h1-3H,4,6-8H2;/q-1;/b2-1-;. The van der Waals surface area contributed by atoms with Gasteiger partial charge in [0.25, 0.3) is 0 Å². The van der Waals surface area contributed by atoms with Gasteiger partial charge < -0.3 is 0 Å². The first-order valence-electron chi connectivity index (χ1n) is 3.22. The molecule has 0 spiro atoms. The predicted molar refractivity (Wildman–Crippen MR) is 35.4 cm³/mol. The van der Waals surface area contributed by atoms with Crippen molar-refractivity contribution in [2.75, 3.05) is 0 Å². The molecule has 1 radical (unpaired) electrons. The topological polar surface area (TPSA) is 0 Å². The summed E-state index contributed by atoms with van der Waals surface area (Å²) in [6, 6.07) is 0. The Balaban J connectivity index is 0.000000640. The Morgan fingerprint density at radius 1 is 1.22 bits per heavy atom. The summed E-state index contributed by atoms with van der Waals surface area (Å²) in [6.45, 7) is 0. The van der Waals surface area contributed by atoms with Crippen LogP contribution < -0.4 is 0 Å². The molecule has 0 aromatic carbocycles. The summed E-state index contributed by atoms with van der Waals surface area (Å²) >= 11 is 0. The molecule has 1 heteroatoms. The first kappa shape index (κ1) is 9.10. The quantitative estimate of drug-likeness (QED) is 0.425. The maximum atomic E-state index is 3.18. The summed E-state index contributed by atoms with van der Waals surface area (Å²) < 4.78 is 0. The fourth-order valence-corrected chi connectivity index (χ4v) is 0.805. The summed E-state index contributed by atoms with van der Waals surface area (Å²) in [7, 11) is 0. The zero-order chi connectivity index (χ0) is 5.66. The van der Waals surface area contributed by atoms with Gasteiger partial charge in [0.1, 0.15) is 0 Å². The van der Waals surface area contributed by atoms with Crippen molar-refractivity contribution in [2.45, 2.75) is 25.7 Å². The summed E-state index contributed by atoms with van der Waals surface area (Å²) in [6.07, 6.45) is 14.5. The Bertz CT molecular complexity index is 89.1. The molecule has 0 saturated heterocycles. The summed E-state index contributed by atoms with van der Waals surface area (Å²) in [4.78, 5) is 0. The second-order valence-corrected chi connectivity index (χ2v) is 2.04. The molecule has 0 N–H and O–H groups in total. The number of allylic oxidation sites excluding steroid dienone is 4. The van der Waals surface area contributed by atoms with Crippen LogP contribution in [0.2, 0.25) is 0 Å². The van der Waals surface area contributed by atoms with E-state index in [0.29, 0.717) is 0 Å². The third-order valence-electron chi connectivity index (χ3n) is 1.29. The van der Waals surface area contributed by atoms with Crippen molar-refractivity contribution < 1.29 is 19.5 Å². The van der Waals surface area contributed by atoms with Crippen molar-refractivity contribution in [3.05, 3.63) is 24.3 Å². The van der Waals surface area contributed by atoms with E-state index in [0.717, 1.165) is 6.42 Å². The monoisotopic (exact) mass is 210 g/mol. The predicted octanol–water partition coefficient (Wildman–Crippen LogP) is 2.47. The molecule has 0 aliphatic heterocycles. The number of hydrogen-bond acceptors (Lipinski definition) is 0. The molecule has 0 bridgehead atoms. The first-order chi connectivity index (χ1) is 4.00. The van der Waals surface area contributed by atoms with Gasteiger partial charge in [-0.3, -0.25) is 6.08 Å². The second kappa shape index (κ2) is 6.23. The fourth-order valence-electron chi connectivity index (χ4n) is 0.805. The van der Waals surface area contributed by atoms with Gasteiger partial charge in [0, 0.05) is 19.5 Å². The van der Waals surface area contributed by atoms with E-state index in [2.05, 4.69) is 18.2 Å². The van der Waals surface area contributed by atoms with E-state index in [1.165, 1.54) is 19.3 Å². The Morgan fingerprint density at radius 2 is 2.11 bits per heavy atom. The SMILES string of the molecule is [C-]1=C/C=C\CCCC1.[Rh]. The minimum atomic E-state index is 0. The number of hydrogen-bond donors (Lipinski definition) is 0. The van der Waals surface area contributed by atoms with Gasteiger partial charge in [0.2, 0.25) is 0 Å². The molecule has 0 amide bonds. The van der Waals surface area contributed by atoms with Crippen molar-refractivity contribution in [3.63, 3.8) is 0 Å². The Hall–Kier alpha value is 0.103. The van der Waals surface area contributed by atoms with Crippen molar-refractivity contribution in [1.82, 2.24) is 0 Å². The van der Waals surface area contributed by atoms with Crippen molar-refractivity contribution >= 4 is 0 Å². The van der Waals surface area contributed by atoms with Crippen LogP contribution in [0.15, 0.2) is 18.2 Å². The molecule has 9 heavy (non-hydrogen) atoms. The van der Waals surface area contributed by atoms with Crippen LogP contribution in [0.25, 0.3) is 0 Å². The molecule has 1 aliphatic carbocycles. The zero-order valence-corrected chi connectivity index (χ0v) is 7.03. The molecule has 0 saturated carbocycles. The Labute approximate surface area is 69.8 Å². The molecule has 0 nitrogen and oxygen atoms in total. The van der Waals surface area contributed by atoms with Crippen LogP contribution in [0, 0.1) is 6.08 Å². The van der Waals surface area contributed by atoms with Crippen molar-refractivity contribution in [2.24, 2.45) is 0 Å². The average molecular weight is 210 g/mol. The maximum Gasteiger partial charge on any atom is 0 e. The molecule has 1 rings (SSSR count). The summed E-state index contributed by atoms with van der Waals surface area (Å²) in [5, 5.41) is 0. The van der Waals surface area contributed by atoms with Gasteiger partial charge in [-0.15, -0.1) is 6.42 Å². The van der Waals surface area contributed by atoms with Crippen LogP contribution in [-0.2, 0) is 19.5 Å². The third-order valence-corrected chi connectivity index (χ3v) is 1.29. The van der Waals surface area contributed by atoms with E-state index < -0.39 is 0 Å². The van der Waals surface area contributed by atoms with Gasteiger partial charge in [0.05, 0.1) is 0 Å². The summed E-state index contributed by atoms with van der Waals surface area (Å²) in [5.41, 5.74) is 0. The van der Waals surface area contributed by atoms with Crippen LogP contribution >= 0.6 is 0 Å². The van der Waals surface area contributed by atoms with E-state index in [1.54, 1.807) is 0 Å². The van der Waals surface area contributed by atoms with Crippen LogP contribution in [0.5, 0.6) is 0 Å². The normalized spacial score (nSPS) is 21.3. The molecule has 0 atom stereocenters. The molecule has 1 aliphatic rings. The first-order valence-corrected chi connectivity index (χ1v) is 3.22. The van der Waals surface area contributed by atoms with Gasteiger partial charge in [-0.25, -0.2) is 12.2 Å². The van der Waals surface area contributed by atoms with Crippen LogP contribution in [0.1, 0.15) is 25.7 Å². The number of rotatable bonds is 0. The third kappa shape index (κ3) is 4.60. The average Bonchev–Trinajstić information content (AvgIpc) is 1.62.